The van der Waals surface area contributed by atoms with E-state index in [9.17, 15) is 9.59 Å². The molecule has 5 rings (SSSR count). The van der Waals surface area contributed by atoms with E-state index in [-0.39, 0.29) is 30.0 Å². The van der Waals surface area contributed by atoms with Crippen LogP contribution in [0.3, 0.4) is 0 Å². The number of nitrogens with one attached hydrogen (secondary N) is 1. The van der Waals surface area contributed by atoms with Crippen molar-refractivity contribution in [2.45, 2.75) is 50.2 Å². The molecule has 6 nitrogen and oxygen atoms in total. The molecule has 0 saturated carbocycles. The fourth-order valence-electron chi connectivity index (χ4n) is 4.62. The summed E-state index contributed by atoms with van der Waals surface area (Å²) in [5.41, 5.74) is 4.93. The fraction of sp³-hybridized carbons (Fsp3) is 0.320. The first-order chi connectivity index (χ1) is 15.6. The predicted octanol–water partition coefficient (Wildman–Crippen LogP) is 4.61. The molecule has 0 spiro atoms. The summed E-state index contributed by atoms with van der Waals surface area (Å²) < 4.78 is 2.22. The third kappa shape index (κ3) is 3.93. The van der Waals surface area contributed by atoms with Gasteiger partial charge in [-0.2, -0.15) is 0 Å². The molecule has 0 bridgehead atoms. The lowest BCUT2D eigenvalue weighted by Crippen LogP contribution is -2.40. The van der Waals surface area contributed by atoms with Crippen LogP contribution in [0.4, 0.5) is 11.4 Å². The molecular weight excluding hydrogens is 420 g/mol. The number of aromatic nitrogens is 2. The summed E-state index contributed by atoms with van der Waals surface area (Å²) >= 11 is 1.48. The molecule has 2 heterocycles. The van der Waals surface area contributed by atoms with E-state index in [2.05, 4.69) is 22.0 Å². The van der Waals surface area contributed by atoms with Crippen molar-refractivity contribution in [3.8, 4) is 5.69 Å². The van der Waals surface area contributed by atoms with Crippen LogP contribution in [0.1, 0.15) is 37.6 Å². The van der Waals surface area contributed by atoms with E-state index in [1.54, 1.807) is 4.90 Å². The maximum atomic E-state index is 13.4. The van der Waals surface area contributed by atoms with E-state index < -0.39 is 0 Å². The van der Waals surface area contributed by atoms with Crippen molar-refractivity contribution < 1.29 is 9.59 Å². The summed E-state index contributed by atoms with van der Waals surface area (Å²) in [6.07, 6.45) is 4.59. The number of hydrogen-bond donors (Lipinski definition) is 1. The first-order valence-electron chi connectivity index (χ1n) is 11.1. The molecule has 1 atom stereocenters. The SMILES string of the molecule is CC1CC(=O)Nc2ccccc2N1C(=O)CSc1nc2c(n1-c1ccccc1)CCCC2. The lowest BCUT2D eigenvalue weighted by Gasteiger charge is -2.27. The van der Waals surface area contributed by atoms with Crippen molar-refractivity contribution in [1.29, 1.82) is 0 Å². The molecule has 1 unspecified atom stereocenters. The van der Waals surface area contributed by atoms with Gasteiger partial charge >= 0.3 is 0 Å². The third-order valence-electron chi connectivity index (χ3n) is 6.07. The van der Waals surface area contributed by atoms with Crippen molar-refractivity contribution >= 4 is 35.0 Å². The molecule has 1 aliphatic carbocycles. The van der Waals surface area contributed by atoms with Crippen LogP contribution in [0, 0.1) is 0 Å². The Kier molecular flexibility index (Phi) is 5.74. The van der Waals surface area contributed by atoms with Gasteiger partial charge in [-0.15, -0.1) is 0 Å². The lowest BCUT2D eigenvalue weighted by atomic mass is 10.0. The monoisotopic (exact) mass is 446 g/mol. The molecule has 3 aromatic rings. The van der Waals surface area contributed by atoms with Crippen LogP contribution in [0.15, 0.2) is 59.8 Å². The fourth-order valence-corrected chi connectivity index (χ4v) is 5.53. The Labute approximate surface area is 192 Å². The maximum Gasteiger partial charge on any atom is 0.237 e. The first kappa shape index (κ1) is 20.8. The van der Waals surface area contributed by atoms with Crippen molar-refractivity contribution in [3.63, 3.8) is 0 Å². The number of rotatable bonds is 4. The molecule has 164 valence electrons. The van der Waals surface area contributed by atoms with Crippen molar-refractivity contribution in [1.82, 2.24) is 9.55 Å². The van der Waals surface area contributed by atoms with E-state index in [0.717, 1.165) is 47.9 Å². The molecule has 1 N–H and O–H groups in total. The molecule has 7 heteroatoms. The summed E-state index contributed by atoms with van der Waals surface area (Å²) in [5, 5.41) is 3.78. The minimum atomic E-state index is -0.214. The van der Waals surface area contributed by atoms with Gasteiger partial charge in [-0.3, -0.25) is 14.2 Å². The molecule has 0 radical (unpaired) electrons. The van der Waals surface area contributed by atoms with Crippen molar-refractivity contribution in [3.05, 3.63) is 66.0 Å². The second-order valence-corrected chi connectivity index (χ2v) is 9.28. The number of anilines is 2. The zero-order valence-electron chi connectivity index (χ0n) is 18.1. The smallest absolute Gasteiger partial charge is 0.237 e. The molecule has 32 heavy (non-hydrogen) atoms. The van der Waals surface area contributed by atoms with E-state index >= 15 is 0 Å². The van der Waals surface area contributed by atoms with Gasteiger partial charge in [0.15, 0.2) is 5.16 Å². The Bertz CT molecular complexity index is 1160. The number of benzene rings is 2. The van der Waals surface area contributed by atoms with Gasteiger partial charge in [0.25, 0.3) is 0 Å². The molecule has 0 saturated heterocycles. The van der Waals surface area contributed by atoms with Gasteiger partial charge < -0.3 is 10.2 Å². The number of carbonyl (C=O) groups excluding carboxylic acids is 2. The van der Waals surface area contributed by atoms with E-state index in [4.69, 9.17) is 4.98 Å². The Morgan fingerprint density at radius 1 is 1.09 bits per heavy atom. The highest BCUT2D eigenvalue weighted by molar-refractivity contribution is 7.99. The van der Waals surface area contributed by atoms with Gasteiger partial charge in [-0.05, 0) is 56.9 Å². The summed E-state index contributed by atoms with van der Waals surface area (Å²) in [6.45, 7) is 1.92. The maximum absolute atomic E-state index is 13.4. The van der Waals surface area contributed by atoms with Crippen molar-refractivity contribution in [2.24, 2.45) is 0 Å². The predicted molar refractivity (Wildman–Crippen MR) is 128 cm³/mol. The van der Waals surface area contributed by atoms with Crippen LogP contribution in [-0.4, -0.2) is 33.2 Å². The summed E-state index contributed by atoms with van der Waals surface area (Å²) in [7, 11) is 0. The van der Waals surface area contributed by atoms with Gasteiger partial charge in [0.2, 0.25) is 11.8 Å². The number of hydrogen-bond acceptors (Lipinski definition) is 4. The van der Waals surface area contributed by atoms with Gasteiger partial charge in [0.1, 0.15) is 0 Å². The van der Waals surface area contributed by atoms with Crippen LogP contribution in [0.5, 0.6) is 0 Å². The Morgan fingerprint density at radius 2 is 1.84 bits per heavy atom. The molecular formula is C25H26N4O2S. The van der Waals surface area contributed by atoms with E-state index in [1.807, 2.05) is 49.4 Å². The Morgan fingerprint density at radius 3 is 2.69 bits per heavy atom. The Balaban J connectivity index is 1.43. The lowest BCUT2D eigenvalue weighted by molar-refractivity contribution is -0.117. The number of thioether (sulfide) groups is 1. The Hall–Kier alpha value is -3.06. The summed E-state index contributed by atoms with van der Waals surface area (Å²) in [6, 6.07) is 17.5. The van der Waals surface area contributed by atoms with Crippen LogP contribution in [0.25, 0.3) is 5.69 Å². The number of imidazole rings is 1. The average Bonchev–Trinajstić information content (AvgIpc) is 3.11. The molecule has 2 aliphatic rings. The number of amides is 2. The van der Waals surface area contributed by atoms with Crippen molar-refractivity contribution in [2.75, 3.05) is 16.0 Å². The zero-order chi connectivity index (χ0) is 22.1. The number of para-hydroxylation sites is 3. The molecule has 1 aromatic heterocycles. The second kappa shape index (κ2) is 8.82. The summed E-state index contributed by atoms with van der Waals surface area (Å²) in [5.74, 6) is 0.169. The average molecular weight is 447 g/mol. The van der Waals surface area contributed by atoms with Crippen LogP contribution < -0.4 is 10.2 Å². The minimum absolute atomic E-state index is 0.0213. The molecule has 0 fully saturated rings. The number of fused-ring (bicyclic) bond motifs is 2. The summed E-state index contributed by atoms with van der Waals surface area (Å²) in [4.78, 5) is 32.4. The van der Waals surface area contributed by atoms with E-state index in [1.165, 1.54) is 17.5 Å². The van der Waals surface area contributed by atoms with Crippen LogP contribution >= 0.6 is 11.8 Å². The zero-order valence-corrected chi connectivity index (χ0v) is 18.9. The number of carbonyl (C=O) groups is 2. The van der Waals surface area contributed by atoms with Gasteiger partial charge in [0.05, 0.1) is 22.8 Å². The van der Waals surface area contributed by atoms with Gasteiger partial charge in [-0.1, -0.05) is 42.1 Å². The normalized spacial score (nSPS) is 17.8. The quantitative estimate of drug-likeness (QED) is 0.595. The van der Waals surface area contributed by atoms with Crippen LogP contribution in [0.2, 0.25) is 0 Å². The molecule has 1 aliphatic heterocycles. The number of nitrogens with zero attached hydrogens (tertiary/aromatic N) is 3. The third-order valence-corrected chi connectivity index (χ3v) is 6.99. The largest absolute Gasteiger partial charge is 0.324 e. The van der Waals surface area contributed by atoms with Gasteiger partial charge in [-0.25, -0.2) is 4.98 Å². The number of aryl methyl sites for hydroxylation is 1. The molecule has 2 amide bonds. The van der Waals surface area contributed by atoms with E-state index in [0.29, 0.717) is 5.69 Å². The second-order valence-electron chi connectivity index (χ2n) is 8.34. The highest BCUT2D eigenvalue weighted by Gasteiger charge is 2.30. The topological polar surface area (TPSA) is 67.2 Å². The highest BCUT2D eigenvalue weighted by atomic mass is 32.2. The molecule has 2 aromatic carbocycles. The minimum Gasteiger partial charge on any atom is -0.324 e. The first-order valence-corrected chi connectivity index (χ1v) is 12.1. The van der Waals surface area contributed by atoms with Gasteiger partial charge in [0, 0.05) is 23.8 Å². The standard InChI is InChI=1S/C25H26N4O2S/c1-17-15-23(30)26-19-11-5-7-13-21(19)28(17)24(31)16-32-25-27-20-12-6-8-14-22(20)29(25)18-9-3-2-4-10-18/h2-5,7,9-11,13,17H,6,8,12,14-16H2,1H3,(H,26,30). The highest BCUT2D eigenvalue weighted by Crippen LogP contribution is 2.34. The van der Waals surface area contributed by atoms with Crippen LogP contribution in [-0.2, 0) is 22.4 Å².